The SMILES string of the molecule is O=C(O)CCSCCC(=O)OCC(S)CS. The molecule has 0 radical (unpaired) electrons. The van der Waals surface area contributed by atoms with Crippen LogP contribution in [0.1, 0.15) is 12.8 Å². The molecule has 0 aliphatic carbocycles. The molecular formula is C9H16O4S3. The first-order valence-corrected chi connectivity index (χ1v) is 7.10. The van der Waals surface area contributed by atoms with E-state index in [2.05, 4.69) is 25.3 Å². The number of carbonyl (C=O) groups excluding carboxylic acids is 1. The van der Waals surface area contributed by atoms with Crippen molar-refractivity contribution in [3.05, 3.63) is 0 Å². The van der Waals surface area contributed by atoms with Crippen LogP contribution in [0.5, 0.6) is 0 Å². The number of carboxylic acids is 1. The van der Waals surface area contributed by atoms with E-state index in [1.807, 2.05) is 0 Å². The van der Waals surface area contributed by atoms with Gasteiger partial charge in [-0.1, -0.05) is 0 Å². The number of thiol groups is 2. The fraction of sp³-hybridized carbons (Fsp3) is 0.778. The Morgan fingerprint density at radius 2 is 1.94 bits per heavy atom. The van der Waals surface area contributed by atoms with Crippen molar-refractivity contribution < 1.29 is 19.4 Å². The van der Waals surface area contributed by atoms with Gasteiger partial charge in [0.25, 0.3) is 0 Å². The van der Waals surface area contributed by atoms with E-state index in [1.54, 1.807) is 0 Å². The van der Waals surface area contributed by atoms with Crippen LogP contribution in [-0.4, -0.2) is 46.2 Å². The van der Waals surface area contributed by atoms with E-state index in [9.17, 15) is 9.59 Å². The van der Waals surface area contributed by atoms with Crippen LogP contribution in [-0.2, 0) is 14.3 Å². The largest absolute Gasteiger partial charge is 0.481 e. The summed E-state index contributed by atoms with van der Waals surface area (Å²) in [6.45, 7) is 0.269. The first-order valence-electron chi connectivity index (χ1n) is 4.80. The van der Waals surface area contributed by atoms with Crippen LogP contribution in [0, 0.1) is 0 Å². The van der Waals surface area contributed by atoms with Crippen LogP contribution in [0.25, 0.3) is 0 Å². The van der Waals surface area contributed by atoms with Gasteiger partial charge < -0.3 is 9.84 Å². The van der Waals surface area contributed by atoms with Crippen LogP contribution in [0.15, 0.2) is 0 Å². The molecule has 0 aliphatic heterocycles. The minimum atomic E-state index is -0.818. The molecule has 0 aliphatic rings. The lowest BCUT2D eigenvalue weighted by molar-refractivity contribution is -0.143. The Morgan fingerprint density at radius 3 is 2.50 bits per heavy atom. The molecule has 0 rings (SSSR count). The summed E-state index contributed by atoms with van der Waals surface area (Å²) >= 11 is 9.57. The fourth-order valence-corrected chi connectivity index (χ4v) is 1.75. The van der Waals surface area contributed by atoms with E-state index in [-0.39, 0.29) is 24.2 Å². The molecule has 0 saturated heterocycles. The van der Waals surface area contributed by atoms with Gasteiger partial charge >= 0.3 is 11.9 Å². The summed E-state index contributed by atoms with van der Waals surface area (Å²) < 4.78 is 4.93. The van der Waals surface area contributed by atoms with Gasteiger partial charge in [-0.05, 0) is 0 Å². The van der Waals surface area contributed by atoms with Crippen molar-refractivity contribution in [3.63, 3.8) is 0 Å². The second-order valence-electron chi connectivity index (χ2n) is 3.03. The smallest absolute Gasteiger partial charge is 0.306 e. The topological polar surface area (TPSA) is 63.6 Å². The highest BCUT2D eigenvalue weighted by Gasteiger charge is 2.06. The number of ether oxygens (including phenoxy) is 1. The first-order chi connectivity index (χ1) is 7.56. The van der Waals surface area contributed by atoms with Crippen LogP contribution in [0.4, 0.5) is 0 Å². The van der Waals surface area contributed by atoms with Crippen molar-refractivity contribution in [2.24, 2.45) is 0 Å². The highest BCUT2D eigenvalue weighted by molar-refractivity contribution is 7.99. The minimum absolute atomic E-state index is 0.0352. The molecule has 0 fully saturated rings. The van der Waals surface area contributed by atoms with Gasteiger partial charge in [0.05, 0.1) is 12.8 Å². The third-order valence-corrected chi connectivity index (χ3v) is 3.60. The summed E-state index contributed by atoms with van der Waals surface area (Å²) in [7, 11) is 0. The molecule has 16 heavy (non-hydrogen) atoms. The molecule has 0 aromatic carbocycles. The van der Waals surface area contributed by atoms with Gasteiger partial charge in [-0.15, -0.1) is 0 Å². The molecule has 0 spiro atoms. The van der Waals surface area contributed by atoms with Crippen LogP contribution in [0.2, 0.25) is 0 Å². The number of esters is 1. The van der Waals surface area contributed by atoms with Gasteiger partial charge in [-0.3, -0.25) is 9.59 Å². The molecular weight excluding hydrogens is 268 g/mol. The van der Waals surface area contributed by atoms with Crippen LogP contribution < -0.4 is 0 Å². The summed E-state index contributed by atoms with van der Waals surface area (Å²) in [6, 6.07) is 0. The second-order valence-corrected chi connectivity index (χ2v) is 5.35. The van der Waals surface area contributed by atoms with E-state index in [0.29, 0.717) is 23.7 Å². The third kappa shape index (κ3) is 10.5. The number of rotatable bonds is 9. The molecule has 0 saturated carbocycles. The van der Waals surface area contributed by atoms with E-state index >= 15 is 0 Å². The lowest BCUT2D eigenvalue weighted by Gasteiger charge is -2.08. The fourth-order valence-electron chi connectivity index (χ4n) is 0.731. The third-order valence-electron chi connectivity index (χ3n) is 1.56. The van der Waals surface area contributed by atoms with E-state index < -0.39 is 5.97 Å². The van der Waals surface area contributed by atoms with E-state index in [1.165, 1.54) is 11.8 Å². The Hall–Kier alpha value is -0.0100. The zero-order valence-electron chi connectivity index (χ0n) is 8.79. The number of carboxylic acid groups (broad SMARTS) is 1. The molecule has 1 atom stereocenters. The van der Waals surface area contributed by atoms with E-state index in [4.69, 9.17) is 9.84 Å². The maximum absolute atomic E-state index is 11.1. The Kier molecular flexibility index (Phi) is 10.2. The molecule has 1 N–H and O–H groups in total. The molecule has 1 unspecified atom stereocenters. The molecule has 0 aromatic rings. The Morgan fingerprint density at radius 1 is 1.31 bits per heavy atom. The predicted octanol–water partition coefficient (Wildman–Crippen LogP) is 1.36. The molecule has 4 nitrogen and oxygen atoms in total. The predicted molar refractivity (Wildman–Crippen MR) is 71.8 cm³/mol. The zero-order valence-corrected chi connectivity index (χ0v) is 11.4. The van der Waals surface area contributed by atoms with Gasteiger partial charge in [0.15, 0.2) is 0 Å². The summed E-state index contributed by atoms with van der Waals surface area (Å²) in [5, 5.41) is 8.34. The standard InChI is InChI=1S/C9H16O4S3/c10-8(11)1-3-16-4-2-9(12)13-5-7(15)6-14/h7,14-15H,1-6H2,(H,10,11). The molecule has 0 amide bonds. The highest BCUT2D eigenvalue weighted by atomic mass is 32.2. The lowest BCUT2D eigenvalue weighted by atomic mass is 10.5. The average molecular weight is 284 g/mol. The lowest BCUT2D eigenvalue weighted by Crippen LogP contribution is -2.15. The summed E-state index contributed by atoms with van der Waals surface area (Å²) in [5.41, 5.74) is 0. The van der Waals surface area contributed by atoms with Crippen molar-refractivity contribution in [1.29, 1.82) is 0 Å². The maximum atomic E-state index is 11.1. The van der Waals surface area contributed by atoms with Crippen molar-refractivity contribution in [3.8, 4) is 0 Å². The van der Waals surface area contributed by atoms with Gasteiger partial charge in [0.2, 0.25) is 0 Å². The van der Waals surface area contributed by atoms with Crippen LogP contribution >= 0.6 is 37.0 Å². The molecule has 0 aromatic heterocycles. The Bertz CT molecular complexity index is 223. The Labute approximate surface area is 110 Å². The molecule has 7 heteroatoms. The quantitative estimate of drug-likeness (QED) is 0.339. The van der Waals surface area contributed by atoms with Gasteiger partial charge in [-0.2, -0.15) is 37.0 Å². The number of aliphatic carboxylic acids is 1. The van der Waals surface area contributed by atoms with Crippen molar-refractivity contribution in [2.45, 2.75) is 18.1 Å². The monoisotopic (exact) mass is 284 g/mol. The summed E-state index contributed by atoms with van der Waals surface area (Å²) in [6.07, 6.45) is 0.426. The number of hydrogen-bond acceptors (Lipinski definition) is 6. The maximum Gasteiger partial charge on any atom is 0.306 e. The van der Waals surface area contributed by atoms with Crippen LogP contribution in [0.3, 0.4) is 0 Å². The van der Waals surface area contributed by atoms with E-state index in [0.717, 1.165) is 0 Å². The van der Waals surface area contributed by atoms with Crippen molar-refractivity contribution in [2.75, 3.05) is 23.9 Å². The average Bonchev–Trinajstić information content (AvgIpc) is 2.24. The van der Waals surface area contributed by atoms with Crippen molar-refractivity contribution >= 4 is 49.0 Å². The van der Waals surface area contributed by atoms with Gasteiger partial charge in [0, 0.05) is 22.5 Å². The molecule has 94 valence electrons. The number of carbonyl (C=O) groups is 2. The normalized spacial score (nSPS) is 12.1. The van der Waals surface area contributed by atoms with Gasteiger partial charge in [-0.25, -0.2) is 0 Å². The van der Waals surface area contributed by atoms with Crippen molar-refractivity contribution in [1.82, 2.24) is 0 Å². The second kappa shape index (κ2) is 10.2. The zero-order chi connectivity index (χ0) is 12.4. The number of hydrogen-bond donors (Lipinski definition) is 3. The van der Waals surface area contributed by atoms with Gasteiger partial charge in [0.1, 0.15) is 6.61 Å². The number of thioether (sulfide) groups is 1. The molecule has 0 heterocycles. The first kappa shape index (κ1) is 16.0. The highest BCUT2D eigenvalue weighted by Crippen LogP contribution is 2.06. The molecule has 0 bridgehead atoms. The summed E-state index contributed by atoms with van der Waals surface area (Å²) in [5.74, 6) is 0.577. The summed E-state index contributed by atoms with van der Waals surface area (Å²) in [4.78, 5) is 21.3. The minimum Gasteiger partial charge on any atom is -0.481 e. The Balaban J connectivity index is 3.33.